The fraction of sp³-hybridized carbons (Fsp3) is 0.188. The molecule has 0 aromatic heterocycles. The molecule has 0 aliphatic rings. The van der Waals surface area contributed by atoms with Crippen molar-refractivity contribution in [2.24, 2.45) is 0 Å². The van der Waals surface area contributed by atoms with Crippen LogP contribution in [0.4, 0.5) is 14.5 Å². The van der Waals surface area contributed by atoms with Crippen molar-refractivity contribution < 1.29 is 18.7 Å². The Morgan fingerprint density at radius 2 is 1.90 bits per heavy atom. The zero-order chi connectivity index (χ0) is 15.6. The molecule has 2 aromatic rings. The van der Waals surface area contributed by atoms with Gasteiger partial charge >= 0.3 is 0 Å². The number of benzene rings is 2. The Labute approximate surface area is 121 Å². The van der Waals surface area contributed by atoms with Gasteiger partial charge in [-0.15, -0.1) is 0 Å². The first-order valence-electron chi connectivity index (χ1n) is 6.48. The van der Waals surface area contributed by atoms with Gasteiger partial charge in [0.15, 0.2) is 0 Å². The minimum Gasteiger partial charge on any atom is -0.507 e. The van der Waals surface area contributed by atoms with Crippen molar-refractivity contribution in [2.45, 2.75) is 19.8 Å². The molecule has 5 heteroatoms. The molecule has 0 bridgehead atoms. The van der Waals surface area contributed by atoms with Crippen molar-refractivity contribution in [2.75, 3.05) is 5.32 Å². The topological polar surface area (TPSA) is 49.3 Å². The Morgan fingerprint density at radius 1 is 1.19 bits per heavy atom. The zero-order valence-corrected chi connectivity index (χ0v) is 11.7. The maximum Gasteiger partial charge on any atom is 0.262 e. The van der Waals surface area contributed by atoms with E-state index in [0.717, 1.165) is 5.56 Å². The quantitative estimate of drug-likeness (QED) is 0.896. The largest absolute Gasteiger partial charge is 0.507 e. The van der Waals surface area contributed by atoms with Crippen LogP contribution in [-0.2, 0) is 0 Å². The number of anilines is 1. The van der Waals surface area contributed by atoms with E-state index >= 15 is 0 Å². The van der Waals surface area contributed by atoms with Gasteiger partial charge < -0.3 is 10.4 Å². The second-order valence-corrected chi connectivity index (χ2v) is 5.02. The maximum absolute atomic E-state index is 13.6. The van der Waals surface area contributed by atoms with Crippen LogP contribution in [0.5, 0.6) is 5.75 Å². The van der Waals surface area contributed by atoms with Crippen molar-refractivity contribution in [1.82, 2.24) is 0 Å². The lowest BCUT2D eigenvalue weighted by molar-refractivity contribution is 0.102. The van der Waals surface area contributed by atoms with Crippen LogP contribution >= 0.6 is 0 Å². The van der Waals surface area contributed by atoms with Crippen LogP contribution in [0.25, 0.3) is 0 Å². The first-order chi connectivity index (χ1) is 9.88. The molecule has 21 heavy (non-hydrogen) atoms. The van der Waals surface area contributed by atoms with E-state index < -0.39 is 28.9 Å². The summed E-state index contributed by atoms with van der Waals surface area (Å²) in [5.74, 6) is -3.33. The van der Waals surface area contributed by atoms with Crippen molar-refractivity contribution in [3.05, 3.63) is 59.2 Å². The van der Waals surface area contributed by atoms with Gasteiger partial charge in [-0.3, -0.25) is 4.79 Å². The molecule has 2 rings (SSSR count). The average Bonchev–Trinajstić information content (AvgIpc) is 2.37. The lowest BCUT2D eigenvalue weighted by Crippen LogP contribution is -2.14. The highest BCUT2D eigenvalue weighted by Gasteiger charge is 2.18. The Kier molecular flexibility index (Phi) is 4.21. The molecule has 0 saturated heterocycles. The molecule has 2 aromatic carbocycles. The van der Waals surface area contributed by atoms with E-state index in [1.807, 2.05) is 19.9 Å². The summed E-state index contributed by atoms with van der Waals surface area (Å²) in [5.41, 5.74) is 0.914. The van der Waals surface area contributed by atoms with Gasteiger partial charge in [-0.05, 0) is 23.6 Å². The standard InChI is InChI=1S/C16H15F2NO2/c1-9(2)10-4-3-5-12(6-10)19-16(21)15-13(18)7-11(17)8-14(15)20/h3-9,20H,1-2H3,(H,19,21). The molecule has 0 radical (unpaired) electrons. The van der Waals surface area contributed by atoms with Crippen molar-refractivity contribution >= 4 is 11.6 Å². The minimum atomic E-state index is -1.11. The number of carbonyl (C=O) groups is 1. The summed E-state index contributed by atoms with van der Waals surface area (Å²) >= 11 is 0. The molecule has 0 saturated carbocycles. The van der Waals surface area contributed by atoms with Crippen LogP contribution in [0, 0.1) is 11.6 Å². The molecule has 0 aliphatic heterocycles. The van der Waals surface area contributed by atoms with Gasteiger partial charge in [0.25, 0.3) is 5.91 Å². The van der Waals surface area contributed by atoms with Gasteiger partial charge in [-0.2, -0.15) is 0 Å². The summed E-state index contributed by atoms with van der Waals surface area (Å²) in [6.45, 7) is 4.01. The Bertz CT molecular complexity index is 661. The highest BCUT2D eigenvalue weighted by atomic mass is 19.1. The Hall–Kier alpha value is -2.43. The summed E-state index contributed by atoms with van der Waals surface area (Å²) in [6, 6.07) is 8.35. The molecule has 110 valence electrons. The highest BCUT2D eigenvalue weighted by Crippen LogP contribution is 2.24. The van der Waals surface area contributed by atoms with Crippen LogP contribution in [0.1, 0.15) is 35.7 Å². The van der Waals surface area contributed by atoms with E-state index in [9.17, 15) is 18.7 Å². The number of phenolic OH excluding ortho intramolecular Hbond substituents is 1. The second kappa shape index (κ2) is 5.91. The number of rotatable bonds is 3. The summed E-state index contributed by atoms with van der Waals surface area (Å²) in [4.78, 5) is 12.0. The number of carbonyl (C=O) groups excluding carboxylic acids is 1. The van der Waals surface area contributed by atoms with Crippen LogP contribution in [0.2, 0.25) is 0 Å². The molecule has 2 N–H and O–H groups in total. The fourth-order valence-corrected chi connectivity index (χ4v) is 1.95. The lowest BCUT2D eigenvalue weighted by atomic mass is 10.0. The number of halogens is 2. The molecular formula is C16H15F2NO2. The van der Waals surface area contributed by atoms with E-state index in [4.69, 9.17) is 0 Å². The molecule has 0 spiro atoms. The summed E-state index contributed by atoms with van der Waals surface area (Å²) < 4.78 is 26.5. The molecule has 3 nitrogen and oxygen atoms in total. The first kappa shape index (κ1) is 15.0. The smallest absolute Gasteiger partial charge is 0.262 e. The van der Waals surface area contributed by atoms with Crippen molar-refractivity contribution in [3.8, 4) is 5.75 Å². The maximum atomic E-state index is 13.6. The van der Waals surface area contributed by atoms with Gasteiger partial charge in [0.2, 0.25) is 0 Å². The fourth-order valence-electron chi connectivity index (χ4n) is 1.95. The van der Waals surface area contributed by atoms with Gasteiger partial charge in [-0.25, -0.2) is 8.78 Å². The third kappa shape index (κ3) is 3.37. The van der Waals surface area contributed by atoms with Crippen LogP contribution in [-0.4, -0.2) is 11.0 Å². The number of amides is 1. The monoisotopic (exact) mass is 291 g/mol. The van der Waals surface area contributed by atoms with Crippen LogP contribution in [0.3, 0.4) is 0 Å². The first-order valence-corrected chi connectivity index (χ1v) is 6.48. The molecule has 0 aliphatic carbocycles. The number of hydrogen-bond donors (Lipinski definition) is 2. The number of hydrogen-bond acceptors (Lipinski definition) is 2. The molecule has 0 fully saturated rings. The molecule has 0 unspecified atom stereocenters. The predicted octanol–water partition coefficient (Wildman–Crippen LogP) is 4.05. The van der Waals surface area contributed by atoms with E-state index in [0.29, 0.717) is 17.8 Å². The molecule has 1 amide bonds. The highest BCUT2D eigenvalue weighted by molar-refractivity contribution is 6.06. The van der Waals surface area contributed by atoms with Crippen molar-refractivity contribution in [1.29, 1.82) is 0 Å². The van der Waals surface area contributed by atoms with E-state index in [-0.39, 0.29) is 5.92 Å². The Balaban J connectivity index is 2.28. The zero-order valence-electron chi connectivity index (χ0n) is 11.7. The van der Waals surface area contributed by atoms with E-state index in [1.165, 1.54) is 0 Å². The number of nitrogens with one attached hydrogen (secondary N) is 1. The number of phenols is 1. The minimum absolute atomic E-state index is 0.276. The van der Waals surface area contributed by atoms with E-state index in [1.54, 1.807) is 18.2 Å². The van der Waals surface area contributed by atoms with Crippen molar-refractivity contribution in [3.63, 3.8) is 0 Å². The number of aromatic hydroxyl groups is 1. The summed E-state index contributed by atoms with van der Waals surface area (Å²) in [5, 5.41) is 12.0. The van der Waals surface area contributed by atoms with Gasteiger partial charge in [0.05, 0.1) is 0 Å². The Morgan fingerprint density at radius 3 is 2.52 bits per heavy atom. The summed E-state index contributed by atoms with van der Waals surface area (Å²) in [6.07, 6.45) is 0. The van der Waals surface area contributed by atoms with Gasteiger partial charge in [0.1, 0.15) is 22.9 Å². The van der Waals surface area contributed by atoms with Gasteiger partial charge in [0, 0.05) is 17.8 Å². The second-order valence-electron chi connectivity index (χ2n) is 5.02. The third-order valence-electron chi connectivity index (χ3n) is 3.07. The molecule has 0 atom stereocenters. The normalized spacial score (nSPS) is 10.7. The van der Waals surface area contributed by atoms with Gasteiger partial charge in [-0.1, -0.05) is 26.0 Å². The predicted molar refractivity (Wildman–Crippen MR) is 76.5 cm³/mol. The van der Waals surface area contributed by atoms with Crippen LogP contribution < -0.4 is 5.32 Å². The molecular weight excluding hydrogens is 276 g/mol. The SMILES string of the molecule is CC(C)c1cccc(NC(=O)c2c(O)cc(F)cc2F)c1. The molecule has 0 heterocycles. The third-order valence-corrected chi connectivity index (χ3v) is 3.07. The average molecular weight is 291 g/mol. The lowest BCUT2D eigenvalue weighted by Gasteiger charge is -2.11. The summed E-state index contributed by atoms with van der Waals surface area (Å²) in [7, 11) is 0. The van der Waals surface area contributed by atoms with E-state index in [2.05, 4.69) is 5.32 Å². The van der Waals surface area contributed by atoms with Crippen LogP contribution in [0.15, 0.2) is 36.4 Å².